The van der Waals surface area contributed by atoms with Gasteiger partial charge in [-0.05, 0) is 32.9 Å². The van der Waals surface area contributed by atoms with Gasteiger partial charge in [-0.3, -0.25) is 0 Å². The highest BCUT2D eigenvalue weighted by Gasteiger charge is 2.16. The number of pyridine rings is 1. The number of carbonyl (C=O) groups is 1. The first-order valence-corrected chi connectivity index (χ1v) is 8.88. The molecule has 0 radical (unpaired) electrons. The summed E-state index contributed by atoms with van der Waals surface area (Å²) in [5, 5.41) is 3.87. The van der Waals surface area contributed by atoms with Gasteiger partial charge in [-0.2, -0.15) is 4.57 Å². The van der Waals surface area contributed by atoms with Crippen molar-refractivity contribution in [3.8, 4) is 0 Å². The predicted molar refractivity (Wildman–Crippen MR) is 100 cm³/mol. The number of amides is 1. The Morgan fingerprint density at radius 1 is 1.15 bits per heavy atom. The van der Waals surface area contributed by atoms with E-state index >= 15 is 0 Å². The summed E-state index contributed by atoms with van der Waals surface area (Å²) in [5.41, 5.74) is 1.67. The van der Waals surface area contributed by atoms with Gasteiger partial charge in [0.05, 0.1) is 10.0 Å². The molecule has 26 heavy (non-hydrogen) atoms. The SMILES string of the molecule is CC(C)(C)OC(=O)NCCc1cccc[n+]1Cc1ccc(Cl)c(Cl)c1.[Br-]. The smallest absolute Gasteiger partial charge is 0.407 e. The fraction of sp³-hybridized carbons (Fsp3) is 0.368. The average Bonchev–Trinajstić information content (AvgIpc) is 2.51. The van der Waals surface area contributed by atoms with Crippen molar-refractivity contribution in [3.05, 3.63) is 63.9 Å². The van der Waals surface area contributed by atoms with Gasteiger partial charge < -0.3 is 27.0 Å². The van der Waals surface area contributed by atoms with Gasteiger partial charge in [-0.1, -0.05) is 35.3 Å². The number of hydrogen-bond donors (Lipinski definition) is 1. The van der Waals surface area contributed by atoms with Crippen molar-refractivity contribution in [2.24, 2.45) is 0 Å². The fourth-order valence-corrected chi connectivity index (χ4v) is 2.66. The molecule has 1 heterocycles. The Balaban J connectivity index is 0.00000338. The van der Waals surface area contributed by atoms with Crippen LogP contribution in [-0.2, 0) is 17.7 Å². The third-order valence-corrected chi connectivity index (χ3v) is 4.16. The lowest BCUT2D eigenvalue weighted by molar-refractivity contribution is -0.695. The maximum atomic E-state index is 11.7. The zero-order valence-electron chi connectivity index (χ0n) is 15.1. The molecule has 0 spiro atoms. The second-order valence-electron chi connectivity index (χ2n) is 6.75. The molecule has 0 fully saturated rings. The van der Waals surface area contributed by atoms with E-state index in [9.17, 15) is 4.79 Å². The Morgan fingerprint density at radius 3 is 2.54 bits per heavy atom. The second-order valence-corrected chi connectivity index (χ2v) is 7.56. The zero-order valence-corrected chi connectivity index (χ0v) is 18.2. The normalized spacial score (nSPS) is 10.8. The minimum Gasteiger partial charge on any atom is -1.00 e. The molecule has 4 nitrogen and oxygen atoms in total. The third kappa shape index (κ3) is 7.52. The molecule has 0 bridgehead atoms. The minimum atomic E-state index is -0.495. The van der Waals surface area contributed by atoms with Crippen molar-refractivity contribution in [3.63, 3.8) is 0 Å². The number of aromatic nitrogens is 1. The van der Waals surface area contributed by atoms with E-state index < -0.39 is 11.7 Å². The highest BCUT2D eigenvalue weighted by Crippen LogP contribution is 2.22. The molecule has 1 amide bonds. The molecule has 7 heteroatoms. The summed E-state index contributed by atoms with van der Waals surface area (Å²) >= 11 is 12.1. The number of nitrogens with one attached hydrogen (secondary N) is 1. The molecule has 0 saturated carbocycles. The number of halogens is 3. The van der Waals surface area contributed by atoms with E-state index in [0.29, 0.717) is 29.6 Å². The van der Waals surface area contributed by atoms with Gasteiger partial charge in [0.15, 0.2) is 18.4 Å². The van der Waals surface area contributed by atoms with Gasteiger partial charge in [0, 0.05) is 30.7 Å². The second kappa shape index (κ2) is 10.1. The van der Waals surface area contributed by atoms with Crippen LogP contribution in [0.4, 0.5) is 4.79 Å². The molecule has 1 N–H and O–H groups in total. The highest BCUT2D eigenvalue weighted by atomic mass is 79.9. The molecule has 1 aromatic carbocycles. The molecule has 1 aromatic heterocycles. The molecular weight excluding hydrogens is 439 g/mol. The number of nitrogens with zero attached hydrogens (tertiary/aromatic N) is 1. The van der Waals surface area contributed by atoms with Crippen LogP contribution in [0.2, 0.25) is 10.0 Å². The lowest BCUT2D eigenvalue weighted by Gasteiger charge is -2.19. The summed E-state index contributed by atoms with van der Waals surface area (Å²) in [7, 11) is 0. The van der Waals surface area contributed by atoms with Crippen molar-refractivity contribution >= 4 is 29.3 Å². The van der Waals surface area contributed by atoms with Gasteiger partial charge in [-0.25, -0.2) is 4.79 Å². The quantitative estimate of drug-likeness (QED) is 0.684. The molecule has 0 aliphatic rings. The van der Waals surface area contributed by atoms with Gasteiger partial charge in [0.25, 0.3) is 0 Å². The molecule has 2 rings (SSSR count). The van der Waals surface area contributed by atoms with Crippen LogP contribution in [0.15, 0.2) is 42.6 Å². The lowest BCUT2D eigenvalue weighted by Crippen LogP contribution is -3.00. The van der Waals surface area contributed by atoms with Crippen LogP contribution in [-0.4, -0.2) is 18.2 Å². The Hall–Kier alpha value is -1.30. The van der Waals surface area contributed by atoms with Crippen molar-refractivity contribution in [1.29, 1.82) is 0 Å². The van der Waals surface area contributed by atoms with Gasteiger partial charge in [-0.15, -0.1) is 0 Å². The van der Waals surface area contributed by atoms with Crippen LogP contribution in [0.1, 0.15) is 32.0 Å². The Morgan fingerprint density at radius 2 is 1.88 bits per heavy atom. The van der Waals surface area contributed by atoms with Gasteiger partial charge in [0.2, 0.25) is 0 Å². The van der Waals surface area contributed by atoms with Crippen LogP contribution in [0, 0.1) is 0 Å². The summed E-state index contributed by atoms with van der Waals surface area (Å²) in [4.78, 5) is 11.7. The van der Waals surface area contributed by atoms with Crippen molar-refractivity contribution in [1.82, 2.24) is 5.32 Å². The predicted octanol–water partition coefficient (Wildman–Crippen LogP) is 1.40. The van der Waals surface area contributed by atoms with E-state index in [0.717, 1.165) is 11.3 Å². The van der Waals surface area contributed by atoms with Gasteiger partial charge >= 0.3 is 6.09 Å². The number of carbonyl (C=O) groups excluding carboxylic acids is 1. The zero-order chi connectivity index (χ0) is 18.4. The van der Waals surface area contributed by atoms with E-state index in [-0.39, 0.29) is 17.0 Å². The minimum absolute atomic E-state index is 0. The number of rotatable bonds is 5. The number of benzene rings is 1. The molecule has 0 aliphatic carbocycles. The van der Waals surface area contributed by atoms with Crippen LogP contribution in [0.5, 0.6) is 0 Å². The van der Waals surface area contributed by atoms with Crippen LogP contribution >= 0.6 is 23.2 Å². The number of ether oxygens (including phenoxy) is 1. The number of alkyl carbamates (subject to hydrolysis) is 1. The highest BCUT2D eigenvalue weighted by molar-refractivity contribution is 6.42. The summed E-state index contributed by atoms with van der Waals surface area (Å²) in [5.74, 6) is 0. The Labute approximate surface area is 175 Å². The maximum absolute atomic E-state index is 11.7. The average molecular weight is 462 g/mol. The van der Waals surface area contributed by atoms with Crippen LogP contribution < -0.4 is 26.9 Å². The van der Waals surface area contributed by atoms with E-state index in [1.54, 1.807) is 6.07 Å². The van der Waals surface area contributed by atoms with E-state index in [2.05, 4.69) is 9.88 Å². The summed E-state index contributed by atoms with van der Waals surface area (Å²) in [6.07, 6.45) is 2.30. The van der Waals surface area contributed by atoms with Crippen molar-refractivity contribution in [2.75, 3.05) is 6.54 Å². The molecule has 0 aliphatic heterocycles. The molecular formula is C19H23BrCl2N2O2. The van der Waals surface area contributed by atoms with E-state index in [1.165, 1.54) is 0 Å². The summed E-state index contributed by atoms with van der Waals surface area (Å²) in [6.45, 7) is 6.71. The monoisotopic (exact) mass is 460 g/mol. The van der Waals surface area contributed by atoms with Crippen molar-refractivity contribution in [2.45, 2.75) is 39.3 Å². The van der Waals surface area contributed by atoms with Crippen LogP contribution in [0.3, 0.4) is 0 Å². The Bertz CT molecular complexity index is 749. The first-order chi connectivity index (χ1) is 11.7. The first-order valence-electron chi connectivity index (χ1n) is 8.13. The third-order valence-electron chi connectivity index (χ3n) is 3.42. The number of hydrogen-bond acceptors (Lipinski definition) is 2. The topological polar surface area (TPSA) is 42.2 Å². The van der Waals surface area contributed by atoms with E-state index in [1.807, 2.05) is 57.3 Å². The summed E-state index contributed by atoms with van der Waals surface area (Å²) < 4.78 is 7.36. The fourth-order valence-electron chi connectivity index (χ4n) is 2.33. The molecule has 0 unspecified atom stereocenters. The standard InChI is InChI=1S/C19H22Cl2N2O2.BrH/c1-19(2,3)25-18(24)22-10-9-15-6-4-5-11-23(15)13-14-7-8-16(20)17(21)12-14;/h4-8,11-12H,9-10,13H2,1-3H3;1H. The lowest BCUT2D eigenvalue weighted by atomic mass is 10.2. The van der Waals surface area contributed by atoms with E-state index in [4.69, 9.17) is 27.9 Å². The largest absolute Gasteiger partial charge is 1.00 e. The first kappa shape index (κ1) is 22.7. The van der Waals surface area contributed by atoms with Crippen LogP contribution in [0.25, 0.3) is 0 Å². The molecule has 142 valence electrons. The van der Waals surface area contributed by atoms with Crippen molar-refractivity contribution < 1.29 is 31.1 Å². The Kier molecular flexibility index (Phi) is 8.87. The molecule has 0 saturated heterocycles. The summed E-state index contributed by atoms with van der Waals surface area (Å²) in [6, 6.07) is 11.6. The van der Waals surface area contributed by atoms with Gasteiger partial charge in [0.1, 0.15) is 5.60 Å². The maximum Gasteiger partial charge on any atom is 0.407 e. The molecule has 0 atom stereocenters. The molecule has 2 aromatic rings.